The van der Waals surface area contributed by atoms with Gasteiger partial charge in [-0.2, -0.15) is 0 Å². The first-order valence-corrected chi connectivity index (χ1v) is 8.42. The summed E-state index contributed by atoms with van der Waals surface area (Å²) in [6, 6.07) is 20.7. The topological polar surface area (TPSA) is 17.1 Å². The minimum absolute atomic E-state index is 0.162. The van der Waals surface area contributed by atoms with Crippen LogP contribution in [0.4, 0.5) is 0 Å². The SMILES string of the molecule is O=C1C(c2ccccc2)=C(c2ccccc2)[C@H]2[C@@H]1[C@@H]1C=C[C@H]2C1. The van der Waals surface area contributed by atoms with Crippen LogP contribution in [0.15, 0.2) is 72.8 Å². The van der Waals surface area contributed by atoms with Crippen molar-refractivity contribution in [2.75, 3.05) is 0 Å². The van der Waals surface area contributed by atoms with Crippen molar-refractivity contribution in [3.05, 3.63) is 83.9 Å². The van der Waals surface area contributed by atoms with Gasteiger partial charge in [-0.1, -0.05) is 72.8 Å². The molecule has 0 spiro atoms. The van der Waals surface area contributed by atoms with Crippen LogP contribution in [0.25, 0.3) is 11.1 Å². The van der Waals surface area contributed by atoms with Crippen LogP contribution in [0.1, 0.15) is 17.5 Å². The largest absolute Gasteiger partial charge is 0.294 e. The molecular weight excluding hydrogens is 280 g/mol. The number of ketones is 1. The van der Waals surface area contributed by atoms with E-state index in [0.717, 1.165) is 17.6 Å². The molecule has 3 aliphatic carbocycles. The number of rotatable bonds is 2. The fourth-order valence-corrected chi connectivity index (χ4v) is 4.90. The fraction of sp³-hybridized carbons (Fsp3) is 0.227. The van der Waals surface area contributed by atoms with Gasteiger partial charge in [-0.3, -0.25) is 4.79 Å². The molecule has 1 nitrogen and oxygen atoms in total. The molecule has 2 aromatic rings. The number of Topliss-reactive ketones (excluding diaryl/α,β-unsaturated/α-hetero) is 1. The summed E-state index contributed by atoms with van der Waals surface area (Å²) in [4.78, 5) is 13.3. The molecule has 0 heterocycles. The van der Waals surface area contributed by atoms with Crippen LogP contribution in [0, 0.1) is 23.7 Å². The second-order valence-electron chi connectivity index (χ2n) is 6.88. The molecule has 1 saturated carbocycles. The van der Waals surface area contributed by atoms with Crippen molar-refractivity contribution in [2.45, 2.75) is 6.42 Å². The van der Waals surface area contributed by atoms with Gasteiger partial charge in [0.05, 0.1) is 0 Å². The van der Waals surface area contributed by atoms with Gasteiger partial charge in [-0.05, 0) is 35.0 Å². The van der Waals surface area contributed by atoms with E-state index >= 15 is 0 Å². The van der Waals surface area contributed by atoms with Crippen LogP contribution < -0.4 is 0 Å². The molecule has 112 valence electrons. The average Bonchev–Trinajstić information content (AvgIpc) is 3.29. The molecule has 2 bridgehead atoms. The van der Waals surface area contributed by atoms with Gasteiger partial charge in [0.25, 0.3) is 0 Å². The van der Waals surface area contributed by atoms with Crippen molar-refractivity contribution in [3.8, 4) is 0 Å². The summed E-state index contributed by atoms with van der Waals surface area (Å²) >= 11 is 0. The molecule has 3 aliphatic rings. The Balaban J connectivity index is 1.76. The summed E-state index contributed by atoms with van der Waals surface area (Å²) in [5.41, 5.74) is 4.53. The maximum absolute atomic E-state index is 13.3. The highest BCUT2D eigenvalue weighted by atomic mass is 16.1. The van der Waals surface area contributed by atoms with Crippen LogP contribution in [-0.4, -0.2) is 5.78 Å². The van der Waals surface area contributed by atoms with Crippen molar-refractivity contribution in [3.63, 3.8) is 0 Å². The van der Waals surface area contributed by atoms with Crippen molar-refractivity contribution >= 4 is 16.9 Å². The second-order valence-corrected chi connectivity index (χ2v) is 6.88. The van der Waals surface area contributed by atoms with Crippen molar-refractivity contribution < 1.29 is 4.79 Å². The highest BCUT2D eigenvalue weighted by Crippen LogP contribution is 2.60. The summed E-state index contributed by atoms with van der Waals surface area (Å²) in [6.07, 6.45) is 5.77. The zero-order valence-electron chi connectivity index (χ0n) is 12.9. The third kappa shape index (κ3) is 1.77. The van der Waals surface area contributed by atoms with Crippen LogP contribution in [0.3, 0.4) is 0 Å². The van der Waals surface area contributed by atoms with E-state index in [2.05, 4.69) is 48.6 Å². The van der Waals surface area contributed by atoms with E-state index in [1.807, 2.05) is 24.3 Å². The zero-order valence-corrected chi connectivity index (χ0v) is 12.9. The molecule has 0 aliphatic heterocycles. The summed E-state index contributed by atoms with van der Waals surface area (Å²) in [5.74, 6) is 1.87. The van der Waals surface area contributed by atoms with Crippen molar-refractivity contribution in [2.24, 2.45) is 23.7 Å². The molecule has 0 N–H and O–H groups in total. The summed E-state index contributed by atoms with van der Waals surface area (Å²) in [7, 11) is 0. The third-order valence-electron chi connectivity index (χ3n) is 5.76. The lowest BCUT2D eigenvalue weighted by molar-refractivity contribution is -0.117. The highest BCUT2D eigenvalue weighted by Gasteiger charge is 2.55. The van der Waals surface area contributed by atoms with Gasteiger partial charge in [0.2, 0.25) is 0 Å². The Kier molecular flexibility index (Phi) is 2.72. The van der Waals surface area contributed by atoms with E-state index in [0.29, 0.717) is 23.5 Å². The lowest BCUT2D eigenvalue weighted by Gasteiger charge is -2.22. The zero-order chi connectivity index (χ0) is 15.4. The van der Waals surface area contributed by atoms with E-state index in [1.165, 1.54) is 11.1 Å². The van der Waals surface area contributed by atoms with E-state index < -0.39 is 0 Å². The number of allylic oxidation sites excluding steroid dienone is 4. The van der Waals surface area contributed by atoms with Crippen LogP contribution >= 0.6 is 0 Å². The summed E-state index contributed by atoms with van der Waals surface area (Å²) in [5, 5.41) is 0. The van der Waals surface area contributed by atoms with Crippen LogP contribution in [0.2, 0.25) is 0 Å². The van der Waals surface area contributed by atoms with Crippen LogP contribution in [0.5, 0.6) is 0 Å². The van der Waals surface area contributed by atoms with Gasteiger partial charge in [-0.25, -0.2) is 0 Å². The van der Waals surface area contributed by atoms with Crippen molar-refractivity contribution in [1.82, 2.24) is 0 Å². The summed E-state index contributed by atoms with van der Waals surface area (Å²) < 4.78 is 0. The lowest BCUT2D eigenvalue weighted by Crippen LogP contribution is -2.21. The Morgan fingerprint density at radius 3 is 1.91 bits per heavy atom. The Bertz CT molecular complexity index is 829. The van der Waals surface area contributed by atoms with Crippen LogP contribution in [-0.2, 0) is 4.79 Å². The normalized spacial score (nSPS) is 31.0. The first kappa shape index (κ1) is 13.1. The van der Waals surface area contributed by atoms with E-state index in [9.17, 15) is 4.79 Å². The number of hydrogen-bond donors (Lipinski definition) is 0. The number of hydrogen-bond acceptors (Lipinski definition) is 1. The third-order valence-corrected chi connectivity index (χ3v) is 5.76. The second kappa shape index (κ2) is 4.79. The van der Waals surface area contributed by atoms with E-state index in [4.69, 9.17) is 0 Å². The Morgan fingerprint density at radius 2 is 1.26 bits per heavy atom. The summed E-state index contributed by atoms with van der Waals surface area (Å²) in [6.45, 7) is 0. The smallest absolute Gasteiger partial charge is 0.168 e. The quantitative estimate of drug-likeness (QED) is 0.739. The number of benzene rings is 2. The molecular formula is C22H18O. The molecule has 0 unspecified atom stereocenters. The van der Waals surface area contributed by atoms with Gasteiger partial charge in [0, 0.05) is 17.4 Å². The predicted octanol–water partition coefficient (Wildman–Crippen LogP) is 4.62. The van der Waals surface area contributed by atoms with Gasteiger partial charge >= 0.3 is 0 Å². The monoisotopic (exact) mass is 298 g/mol. The fourth-order valence-electron chi connectivity index (χ4n) is 4.90. The standard InChI is InChI=1S/C22H18O/c23-22-20(15-9-5-2-6-10-15)18(14-7-3-1-4-8-14)19-16-11-12-17(13-16)21(19)22/h1-12,16-17,19,21H,13H2/t16-,17+,19-,21-/m0/s1. The molecule has 2 aromatic carbocycles. The lowest BCUT2D eigenvalue weighted by atomic mass is 9.80. The first-order chi connectivity index (χ1) is 11.3. The van der Waals surface area contributed by atoms with E-state index in [1.54, 1.807) is 0 Å². The minimum Gasteiger partial charge on any atom is -0.294 e. The number of carbonyl (C=O) groups is 1. The minimum atomic E-state index is 0.162. The maximum atomic E-state index is 13.3. The predicted molar refractivity (Wildman–Crippen MR) is 92.4 cm³/mol. The number of carbonyl (C=O) groups excluding carboxylic acids is 1. The molecule has 23 heavy (non-hydrogen) atoms. The van der Waals surface area contributed by atoms with Gasteiger partial charge in [-0.15, -0.1) is 0 Å². The van der Waals surface area contributed by atoms with Gasteiger partial charge < -0.3 is 0 Å². The molecule has 0 amide bonds. The highest BCUT2D eigenvalue weighted by molar-refractivity contribution is 6.33. The molecule has 0 saturated heterocycles. The van der Waals surface area contributed by atoms with E-state index in [-0.39, 0.29) is 5.92 Å². The molecule has 1 heteroatoms. The Morgan fingerprint density at radius 1 is 0.696 bits per heavy atom. The molecule has 0 radical (unpaired) electrons. The molecule has 0 aromatic heterocycles. The van der Waals surface area contributed by atoms with Gasteiger partial charge in [0.1, 0.15) is 0 Å². The molecule has 5 rings (SSSR count). The average molecular weight is 298 g/mol. The van der Waals surface area contributed by atoms with Gasteiger partial charge in [0.15, 0.2) is 5.78 Å². The molecule has 1 fully saturated rings. The Hall–Kier alpha value is -2.41. The van der Waals surface area contributed by atoms with Crippen molar-refractivity contribution in [1.29, 1.82) is 0 Å². The first-order valence-electron chi connectivity index (χ1n) is 8.42. The number of fused-ring (bicyclic) bond motifs is 5. The Labute approximate surface area is 136 Å². The maximum Gasteiger partial charge on any atom is 0.168 e. The molecule has 4 atom stereocenters.